The molecule has 3 rings (SSSR count). The van der Waals surface area contributed by atoms with E-state index in [1.54, 1.807) is 12.1 Å². The highest BCUT2D eigenvalue weighted by Gasteiger charge is 2.35. The van der Waals surface area contributed by atoms with Crippen molar-refractivity contribution < 1.29 is 28.6 Å². The lowest BCUT2D eigenvalue weighted by molar-refractivity contribution is -0.152. The van der Waals surface area contributed by atoms with Crippen LogP contribution in [0.5, 0.6) is 11.5 Å². The minimum absolute atomic E-state index is 0.0415. The number of hydrogen-bond donors (Lipinski definition) is 1. The summed E-state index contributed by atoms with van der Waals surface area (Å²) < 4.78 is 17.2. The van der Waals surface area contributed by atoms with Crippen LogP contribution < -0.4 is 14.8 Å². The Balaban J connectivity index is 1.51. The molecule has 2 aromatic carbocycles. The number of amides is 2. The Morgan fingerprint density at radius 3 is 2.63 bits per heavy atom. The van der Waals surface area contributed by atoms with E-state index in [1.807, 2.05) is 36.4 Å². The summed E-state index contributed by atoms with van der Waals surface area (Å²) in [5.41, 5.74) is 1.18. The maximum absolute atomic E-state index is 12.9. The molecule has 188 valence electrons. The average Bonchev–Trinajstić information content (AvgIpc) is 2.87. The molecule has 1 fully saturated rings. The van der Waals surface area contributed by atoms with Crippen molar-refractivity contribution in [2.45, 2.75) is 38.6 Å². The quantitative estimate of drug-likeness (QED) is 0.341. The third kappa shape index (κ3) is 7.71. The normalized spacial score (nSPS) is 16.3. The van der Waals surface area contributed by atoms with Gasteiger partial charge in [-0.05, 0) is 58.1 Å². The maximum atomic E-state index is 12.9. The first-order chi connectivity index (χ1) is 16.9. The molecule has 0 aliphatic carbocycles. The molecule has 2 unspecified atom stereocenters. The lowest BCUT2D eigenvalue weighted by Crippen LogP contribution is -2.58. The van der Waals surface area contributed by atoms with Crippen molar-refractivity contribution in [3.63, 3.8) is 0 Å². The van der Waals surface area contributed by atoms with Gasteiger partial charge in [0.25, 0.3) is 5.91 Å². The zero-order chi connectivity index (χ0) is 25.2. The standard InChI is InChI=1S/C26H31BrN2O6/c1-3-18(2)19-9-10-23(21(27)15-19)35-17-24(30)29-12-11-28-26(32)22(29)16-25(31)34-14-13-33-20-7-5-4-6-8-20/h4-10,15,18,22H,3,11-14,16-17H2,1-2H3,(H,28,32). The van der Waals surface area contributed by atoms with Crippen molar-refractivity contribution in [2.24, 2.45) is 0 Å². The first kappa shape index (κ1) is 26.5. The highest BCUT2D eigenvalue weighted by Crippen LogP contribution is 2.30. The third-order valence-corrected chi connectivity index (χ3v) is 6.48. The molecule has 35 heavy (non-hydrogen) atoms. The van der Waals surface area contributed by atoms with Crippen LogP contribution in [-0.2, 0) is 19.1 Å². The molecule has 1 aliphatic heterocycles. The zero-order valence-corrected chi connectivity index (χ0v) is 21.6. The molecule has 1 N–H and O–H groups in total. The topological polar surface area (TPSA) is 94.2 Å². The van der Waals surface area contributed by atoms with Crippen LogP contribution in [0.4, 0.5) is 0 Å². The first-order valence-corrected chi connectivity index (χ1v) is 12.5. The Kier molecular flexibility index (Phi) is 9.96. The molecule has 2 amide bonds. The maximum Gasteiger partial charge on any atom is 0.308 e. The van der Waals surface area contributed by atoms with Crippen molar-refractivity contribution in [3.05, 3.63) is 58.6 Å². The number of para-hydroxylation sites is 1. The molecule has 9 heteroatoms. The van der Waals surface area contributed by atoms with Crippen LogP contribution in [0.1, 0.15) is 38.2 Å². The number of nitrogens with one attached hydrogen (secondary N) is 1. The summed E-state index contributed by atoms with van der Waals surface area (Å²) in [7, 11) is 0. The minimum Gasteiger partial charge on any atom is -0.490 e. The number of halogens is 1. The van der Waals surface area contributed by atoms with Crippen molar-refractivity contribution >= 4 is 33.7 Å². The van der Waals surface area contributed by atoms with E-state index in [0.29, 0.717) is 24.0 Å². The molecule has 0 saturated carbocycles. The molecule has 1 heterocycles. The number of ether oxygens (including phenoxy) is 3. The van der Waals surface area contributed by atoms with E-state index in [-0.39, 0.29) is 44.6 Å². The van der Waals surface area contributed by atoms with Gasteiger partial charge in [-0.3, -0.25) is 14.4 Å². The van der Waals surface area contributed by atoms with Gasteiger partial charge in [-0.2, -0.15) is 0 Å². The first-order valence-electron chi connectivity index (χ1n) is 11.7. The molecule has 0 bridgehead atoms. The molecule has 1 aliphatic rings. The fraction of sp³-hybridized carbons (Fsp3) is 0.423. The third-order valence-electron chi connectivity index (χ3n) is 5.86. The molecule has 2 atom stereocenters. The second-order valence-corrected chi connectivity index (χ2v) is 9.12. The highest BCUT2D eigenvalue weighted by atomic mass is 79.9. The number of carbonyl (C=O) groups is 3. The van der Waals surface area contributed by atoms with Crippen LogP contribution in [0, 0.1) is 0 Å². The average molecular weight is 547 g/mol. The van der Waals surface area contributed by atoms with Gasteiger partial charge in [-0.25, -0.2) is 0 Å². The number of benzene rings is 2. The number of nitrogens with zero attached hydrogens (tertiary/aromatic N) is 1. The fourth-order valence-corrected chi connectivity index (χ4v) is 4.17. The predicted molar refractivity (Wildman–Crippen MR) is 134 cm³/mol. The number of carbonyl (C=O) groups excluding carboxylic acids is 3. The Labute approximate surface area is 214 Å². The summed E-state index contributed by atoms with van der Waals surface area (Å²) in [6, 6.07) is 14.0. The van der Waals surface area contributed by atoms with Crippen LogP contribution in [0.3, 0.4) is 0 Å². The summed E-state index contributed by atoms with van der Waals surface area (Å²) in [4.78, 5) is 39.0. The second kappa shape index (κ2) is 13.1. The molecule has 8 nitrogen and oxygen atoms in total. The van der Waals surface area contributed by atoms with Crippen LogP contribution in [0.25, 0.3) is 0 Å². The minimum atomic E-state index is -0.946. The van der Waals surface area contributed by atoms with Crippen molar-refractivity contribution in [1.82, 2.24) is 10.2 Å². The summed E-state index contributed by atoms with van der Waals surface area (Å²) in [5.74, 6) is 0.295. The van der Waals surface area contributed by atoms with Gasteiger partial charge in [0.2, 0.25) is 5.91 Å². The molecular weight excluding hydrogens is 516 g/mol. The summed E-state index contributed by atoms with van der Waals surface area (Å²) in [6.07, 6.45) is 0.780. The summed E-state index contributed by atoms with van der Waals surface area (Å²) >= 11 is 3.50. The van der Waals surface area contributed by atoms with Gasteiger partial charge in [-0.15, -0.1) is 0 Å². The molecule has 2 aromatic rings. The van der Waals surface area contributed by atoms with Gasteiger partial charge < -0.3 is 24.4 Å². The van der Waals surface area contributed by atoms with Crippen molar-refractivity contribution in [3.8, 4) is 11.5 Å². The van der Waals surface area contributed by atoms with E-state index in [1.165, 1.54) is 10.5 Å². The van der Waals surface area contributed by atoms with E-state index in [4.69, 9.17) is 14.2 Å². The molecule has 0 spiro atoms. The van der Waals surface area contributed by atoms with E-state index in [0.717, 1.165) is 10.9 Å². The molecule has 0 radical (unpaired) electrons. The Morgan fingerprint density at radius 2 is 1.91 bits per heavy atom. The largest absolute Gasteiger partial charge is 0.490 e. The number of hydrogen-bond acceptors (Lipinski definition) is 6. The second-order valence-electron chi connectivity index (χ2n) is 8.27. The van der Waals surface area contributed by atoms with Gasteiger partial charge in [0.15, 0.2) is 6.61 Å². The van der Waals surface area contributed by atoms with Crippen LogP contribution in [-0.4, -0.2) is 61.6 Å². The van der Waals surface area contributed by atoms with E-state index in [2.05, 4.69) is 35.1 Å². The van der Waals surface area contributed by atoms with Crippen molar-refractivity contribution in [2.75, 3.05) is 32.9 Å². The van der Waals surface area contributed by atoms with Gasteiger partial charge in [0.05, 0.1) is 10.9 Å². The lowest BCUT2D eigenvalue weighted by atomic mass is 9.99. The van der Waals surface area contributed by atoms with Crippen molar-refractivity contribution in [1.29, 1.82) is 0 Å². The summed E-state index contributed by atoms with van der Waals surface area (Å²) in [6.45, 7) is 4.86. The highest BCUT2D eigenvalue weighted by molar-refractivity contribution is 9.10. The van der Waals surface area contributed by atoms with Gasteiger partial charge >= 0.3 is 5.97 Å². The molecule has 0 aromatic heterocycles. The smallest absolute Gasteiger partial charge is 0.308 e. The van der Waals surface area contributed by atoms with Crippen LogP contribution in [0.15, 0.2) is 53.0 Å². The van der Waals surface area contributed by atoms with E-state index >= 15 is 0 Å². The van der Waals surface area contributed by atoms with Gasteiger partial charge in [0, 0.05) is 13.1 Å². The van der Waals surface area contributed by atoms with Gasteiger partial charge in [-0.1, -0.05) is 38.1 Å². The number of rotatable bonds is 11. The Morgan fingerprint density at radius 1 is 1.14 bits per heavy atom. The monoisotopic (exact) mass is 546 g/mol. The van der Waals surface area contributed by atoms with Crippen LogP contribution >= 0.6 is 15.9 Å². The van der Waals surface area contributed by atoms with Crippen LogP contribution in [0.2, 0.25) is 0 Å². The summed E-state index contributed by atoms with van der Waals surface area (Å²) in [5, 5.41) is 2.70. The lowest BCUT2D eigenvalue weighted by Gasteiger charge is -2.34. The number of esters is 1. The predicted octanol–water partition coefficient (Wildman–Crippen LogP) is 3.68. The SMILES string of the molecule is CCC(C)c1ccc(OCC(=O)N2CCNC(=O)C2CC(=O)OCCOc2ccccc2)c(Br)c1. The fourth-order valence-electron chi connectivity index (χ4n) is 3.66. The van der Waals surface area contributed by atoms with E-state index < -0.39 is 12.0 Å². The zero-order valence-electron chi connectivity index (χ0n) is 20.0. The molecule has 1 saturated heterocycles. The Hall–Kier alpha value is -3.07. The number of piperazine rings is 1. The molecular formula is C26H31BrN2O6. The Bertz CT molecular complexity index is 1020. The van der Waals surface area contributed by atoms with Gasteiger partial charge in [0.1, 0.15) is 30.8 Å². The van der Waals surface area contributed by atoms with E-state index in [9.17, 15) is 14.4 Å².